The Kier molecular flexibility index (Phi) is 5.68. The molecule has 0 aliphatic rings. The van der Waals surface area contributed by atoms with Crippen molar-refractivity contribution in [2.45, 2.75) is 11.8 Å². The molecule has 0 aliphatic carbocycles. The Morgan fingerprint density at radius 2 is 1.79 bits per heavy atom. The molecule has 0 aliphatic heterocycles. The number of benzene rings is 1. The van der Waals surface area contributed by atoms with Crippen LogP contribution in [0.2, 0.25) is 0 Å². The molecule has 0 amide bonds. The van der Waals surface area contributed by atoms with E-state index in [1.807, 2.05) is 19.0 Å². The van der Waals surface area contributed by atoms with E-state index in [1.54, 1.807) is 13.0 Å². The molecule has 2 rings (SSSR count). The maximum Gasteiger partial charge on any atom is 0.240 e. The van der Waals surface area contributed by atoms with E-state index in [0.717, 1.165) is 18.0 Å². The second-order valence-electron chi connectivity index (χ2n) is 5.33. The van der Waals surface area contributed by atoms with E-state index in [2.05, 4.69) is 20.0 Å². The van der Waals surface area contributed by atoms with Crippen molar-refractivity contribution in [3.8, 4) is 0 Å². The lowest BCUT2D eigenvalue weighted by atomic mass is 10.4. The maximum atomic E-state index is 12.9. The minimum absolute atomic E-state index is 0.0247. The highest BCUT2D eigenvalue weighted by molar-refractivity contribution is 7.89. The first-order valence-corrected chi connectivity index (χ1v) is 8.78. The number of sulfonamides is 1. The van der Waals surface area contributed by atoms with Crippen molar-refractivity contribution in [1.82, 2.24) is 14.7 Å². The molecule has 24 heavy (non-hydrogen) atoms. The lowest BCUT2D eigenvalue weighted by molar-refractivity contribution is 0.582. The van der Waals surface area contributed by atoms with Crippen LogP contribution in [0.1, 0.15) is 5.82 Å². The third-order valence-electron chi connectivity index (χ3n) is 3.13. The van der Waals surface area contributed by atoms with Gasteiger partial charge in [-0.15, -0.1) is 0 Å². The summed E-state index contributed by atoms with van der Waals surface area (Å²) in [6, 6.07) is 6.45. The zero-order valence-electron chi connectivity index (χ0n) is 13.7. The first-order chi connectivity index (χ1) is 11.3. The number of aryl methyl sites for hydroxylation is 1. The summed E-state index contributed by atoms with van der Waals surface area (Å²) in [6.07, 6.45) is 0. The van der Waals surface area contributed by atoms with Gasteiger partial charge in [-0.25, -0.2) is 27.5 Å². The summed E-state index contributed by atoms with van der Waals surface area (Å²) in [6.45, 7) is 2.30. The lowest BCUT2D eigenvalue weighted by Gasteiger charge is -2.14. The summed E-state index contributed by atoms with van der Waals surface area (Å²) in [4.78, 5) is 10.4. The quantitative estimate of drug-likeness (QED) is 0.732. The molecule has 9 heteroatoms. The van der Waals surface area contributed by atoms with Gasteiger partial charge in [0.1, 0.15) is 23.3 Å². The van der Waals surface area contributed by atoms with E-state index < -0.39 is 15.8 Å². The van der Waals surface area contributed by atoms with Crippen LogP contribution in [0, 0.1) is 12.7 Å². The summed E-state index contributed by atoms with van der Waals surface area (Å²) in [5.74, 6) is 1.52. The fraction of sp³-hybridized carbons (Fsp3) is 0.333. The lowest BCUT2D eigenvalue weighted by Crippen LogP contribution is -2.29. The van der Waals surface area contributed by atoms with Crippen LogP contribution in [0.15, 0.2) is 35.2 Å². The van der Waals surface area contributed by atoms with Gasteiger partial charge in [-0.3, -0.25) is 0 Å². The molecule has 7 nitrogen and oxygen atoms in total. The van der Waals surface area contributed by atoms with Crippen LogP contribution in [0.25, 0.3) is 0 Å². The number of hydrogen-bond acceptors (Lipinski definition) is 6. The Hall–Kier alpha value is -2.26. The number of halogens is 1. The Labute approximate surface area is 141 Å². The number of nitrogens with one attached hydrogen (secondary N) is 2. The monoisotopic (exact) mass is 353 g/mol. The molecule has 1 aromatic heterocycles. The Morgan fingerprint density at radius 3 is 2.42 bits per heavy atom. The summed E-state index contributed by atoms with van der Waals surface area (Å²) in [7, 11) is 0.0958. The van der Waals surface area contributed by atoms with E-state index in [1.165, 1.54) is 12.1 Å². The molecule has 0 saturated heterocycles. The number of anilines is 2. The molecule has 130 valence electrons. The normalized spacial score (nSPS) is 11.3. The van der Waals surface area contributed by atoms with Crippen LogP contribution in [-0.4, -0.2) is 45.6 Å². The number of aromatic nitrogens is 2. The smallest absolute Gasteiger partial charge is 0.240 e. The predicted molar refractivity (Wildman–Crippen MR) is 91.2 cm³/mol. The molecule has 0 radical (unpaired) electrons. The molecule has 1 heterocycles. The summed E-state index contributed by atoms with van der Waals surface area (Å²) >= 11 is 0. The average molecular weight is 353 g/mol. The van der Waals surface area contributed by atoms with Gasteiger partial charge >= 0.3 is 0 Å². The Bertz CT molecular complexity index is 794. The molecule has 0 spiro atoms. The van der Waals surface area contributed by atoms with Crippen LogP contribution in [0.5, 0.6) is 0 Å². The average Bonchev–Trinajstić information content (AvgIpc) is 2.51. The van der Waals surface area contributed by atoms with Crippen molar-refractivity contribution in [3.63, 3.8) is 0 Å². The van der Waals surface area contributed by atoms with Gasteiger partial charge in [0.15, 0.2) is 0 Å². The second kappa shape index (κ2) is 7.54. The van der Waals surface area contributed by atoms with Crippen molar-refractivity contribution in [1.29, 1.82) is 0 Å². The second-order valence-corrected chi connectivity index (χ2v) is 7.10. The highest BCUT2D eigenvalue weighted by atomic mass is 32.2. The molecular formula is C15H20FN5O2S. The van der Waals surface area contributed by atoms with E-state index in [9.17, 15) is 12.8 Å². The third-order valence-corrected chi connectivity index (χ3v) is 4.61. The molecule has 0 fully saturated rings. The first kappa shape index (κ1) is 18.1. The van der Waals surface area contributed by atoms with E-state index in [-0.39, 0.29) is 11.4 Å². The van der Waals surface area contributed by atoms with E-state index in [4.69, 9.17) is 0 Å². The minimum atomic E-state index is -3.66. The number of hydrogen-bond donors (Lipinski definition) is 2. The molecular weight excluding hydrogens is 333 g/mol. The zero-order valence-corrected chi connectivity index (χ0v) is 14.6. The Balaban J connectivity index is 1.92. The van der Waals surface area contributed by atoms with Crippen LogP contribution in [0.4, 0.5) is 16.0 Å². The highest BCUT2D eigenvalue weighted by Crippen LogP contribution is 2.13. The Morgan fingerprint density at radius 1 is 1.12 bits per heavy atom. The standard InChI is InChI=1S/C15H20FN5O2S/c1-11-19-14(10-15(20-11)21(2)3)17-8-9-18-24(22,23)13-6-4-12(16)5-7-13/h4-7,10,18H,8-9H2,1-3H3,(H,17,19,20). The third kappa shape index (κ3) is 4.87. The summed E-state index contributed by atoms with van der Waals surface area (Å²) in [5, 5.41) is 3.05. The molecule has 2 N–H and O–H groups in total. The van der Waals surface area contributed by atoms with Gasteiger partial charge in [-0.1, -0.05) is 0 Å². The molecule has 2 aromatic rings. The van der Waals surface area contributed by atoms with E-state index >= 15 is 0 Å². The number of rotatable bonds is 7. The van der Waals surface area contributed by atoms with E-state index in [0.29, 0.717) is 18.2 Å². The van der Waals surface area contributed by atoms with Gasteiger partial charge in [0.2, 0.25) is 10.0 Å². The minimum Gasteiger partial charge on any atom is -0.369 e. The molecule has 0 bridgehead atoms. The SMILES string of the molecule is Cc1nc(NCCNS(=O)(=O)c2ccc(F)cc2)cc(N(C)C)n1. The van der Waals surface area contributed by atoms with Gasteiger partial charge in [-0.05, 0) is 31.2 Å². The molecule has 0 atom stereocenters. The number of nitrogens with zero attached hydrogens (tertiary/aromatic N) is 3. The van der Waals surface area contributed by atoms with Gasteiger partial charge in [0, 0.05) is 33.3 Å². The fourth-order valence-corrected chi connectivity index (χ4v) is 2.98. The predicted octanol–water partition coefficient (Wildman–Crippen LogP) is 1.38. The van der Waals surface area contributed by atoms with Crippen LogP contribution in [-0.2, 0) is 10.0 Å². The highest BCUT2D eigenvalue weighted by Gasteiger charge is 2.13. The topological polar surface area (TPSA) is 87.2 Å². The van der Waals surface area contributed by atoms with Crippen molar-refractivity contribution < 1.29 is 12.8 Å². The first-order valence-electron chi connectivity index (χ1n) is 7.30. The van der Waals surface area contributed by atoms with Crippen molar-refractivity contribution in [3.05, 3.63) is 42.0 Å². The van der Waals surface area contributed by atoms with Crippen LogP contribution >= 0.6 is 0 Å². The van der Waals surface area contributed by atoms with Crippen LogP contribution in [0.3, 0.4) is 0 Å². The van der Waals surface area contributed by atoms with Crippen LogP contribution < -0.4 is 14.9 Å². The largest absolute Gasteiger partial charge is 0.369 e. The van der Waals surface area contributed by atoms with Gasteiger partial charge in [-0.2, -0.15) is 0 Å². The van der Waals surface area contributed by atoms with Crippen molar-refractivity contribution in [2.24, 2.45) is 0 Å². The molecule has 0 saturated carbocycles. The fourth-order valence-electron chi connectivity index (χ4n) is 1.94. The summed E-state index contributed by atoms with van der Waals surface area (Å²) < 4.78 is 39.4. The maximum absolute atomic E-state index is 12.9. The molecule has 1 aromatic carbocycles. The molecule has 0 unspecified atom stereocenters. The zero-order chi connectivity index (χ0) is 17.7. The van der Waals surface area contributed by atoms with Gasteiger partial charge in [0.05, 0.1) is 4.90 Å². The van der Waals surface area contributed by atoms with Gasteiger partial charge < -0.3 is 10.2 Å². The van der Waals surface area contributed by atoms with Crippen molar-refractivity contribution in [2.75, 3.05) is 37.4 Å². The van der Waals surface area contributed by atoms with Gasteiger partial charge in [0.25, 0.3) is 0 Å². The van der Waals surface area contributed by atoms with Crippen molar-refractivity contribution >= 4 is 21.7 Å². The summed E-state index contributed by atoms with van der Waals surface area (Å²) in [5.41, 5.74) is 0.